The Balaban J connectivity index is 1.29. The predicted octanol–water partition coefficient (Wildman–Crippen LogP) is 8.26. The van der Waals surface area contributed by atoms with Crippen LogP contribution in [0.1, 0.15) is 5.56 Å². The van der Waals surface area contributed by atoms with Crippen molar-refractivity contribution in [1.82, 2.24) is 0 Å². The Morgan fingerprint density at radius 2 is 1.12 bits per heavy atom. The Bertz CT molecular complexity index is 1250. The van der Waals surface area contributed by atoms with Gasteiger partial charge in [0.25, 0.3) is 0 Å². The summed E-state index contributed by atoms with van der Waals surface area (Å²) in [4.78, 5) is 6.68. The van der Waals surface area contributed by atoms with E-state index in [1.165, 1.54) is 0 Å². The van der Waals surface area contributed by atoms with Gasteiger partial charge in [-0.1, -0.05) is 23.2 Å². The predicted molar refractivity (Wildman–Crippen MR) is 130 cm³/mol. The summed E-state index contributed by atoms with van der Waals surface area (Å²) in [6.07, 6.45) is 1.84. The van der Waals surface area contributed by atoms with Gasteiger partial charge in [-0.3, -0.25) is 0 Å². The molecule has 0 amide bonds. The number of hydrogen-bond acceptors (Lipinski definition) is 4. The fourth-order valence-electron chi connectivity index (χ4n) is 3.38. The summed E-state index contributed by atoms with van der Waals surface area (Å²) in [7, 11) is 0. The lowest BCUT2D eigenvalue weighted by Crippen LogP contribution is -2.23. The van der Waals surface area contributed by atoms with Crippen LogP contribution in [0.3, 0.4) is 0 Å². The molecule has 158 valence electrons. The van der Waals surface area contributed by atoms with Crippen LogP contribution in [0.5, 0.6) is 23.0 Å². The molecule has 5 rings (SSSR count). The molecule has 1 heterocycles. The molecule has 32 heavy (non-hydrogen) atoms. The third-order valence-corrected chi connectivity index (χ3v) is 5.50. The zero-order valence-corrected chi connectivity index (χ0v) is 18.4. The number of aliphatic imine (C=N–C) groups is 1. The molecule has 1 aliphatic rings. The highest BCUT2D eigenvalue weighted by Gasteiger charge is 2.15. The summed E-state index contributed by atoms with van der Waals surface area (Å²) in [5.41, 5.74) is 3.04. The second-order valence-electron chi connectivity index (χ2n) is 7.27. The fraction of sp³-hybridized carbons (Fsp3) is 0.0385. The number of benzene rings is 4. The molecule has 4 aromatic carbocycles. The fourth-order valence-corrected chi connectivity index (χ4v) is 3.63. The van der Waals surface area contributed by atoms with Gasteiger partial charge in [0.05, 0.1) is 18.6 Å². The average Bonchev–Trinajstić information content (AvgIpc) is 2.82. The highest BCUT2D eigenvalue weighted by molar-refractivity contribution is 6.30. The van der Waals surface area contributed by atoms with E-state index >= 15 is 0 Å². The van der Waals surface area contributed by atoms with Gasteiger partial charge in [-0.25, -0.2) is 4.99 Å². The highest BCUT2D eigenvalue weighted by Crippen LogP contribution is 2.33. The molecular formula is C26H18Cl2N2O2. The number of anilines is 1. The van der Waals surface area contributed by atoms with Crippen molar-refractivity contribution < 1.29 is 9.47 Å². The van der Waals surface area contributed by atoms with Gasteiger partial charge < -0.3 is 14.4 Å². The van der Waals surface area contributed by atoms with Crippen molar-refractivity contribution in [2.45, 2.75) is 6.54 Å². The summed E-state index contributed by atoms with van der Waals surface area (Å²) in [5, 5.41) is 1.36. The Kier molecular flexibility index (Phi) is 5.71. The Labute approximate surface area is 196 Å². The minimum Gasteiger partial charge on any atom is -0.457 e. The maximum absolute atomic E-state index is 5.97. The van der Waals surface area contributed by atoms with E-state index in [0.717, 1.165) is 39.9 Å². The molecule has 4 aromatic rings. The van der Waals surface area contributed by atoms with E-state index in [1.807, 2.05) is 85.2 Å². The van der Waals surface area contributed by atoms with Gasteiger partial charge >= 0.3 is 0 Å². The maximum Gasteiger partial charge on any atom is 0.127 e. The minimum atomic E-state index is 0.678. The molecule has 0 saturated heterocycles. The van der Waals surface area contributed by atoms with Crippen molar-refractivity contribution in [1.29, 1.82) is 0 Å². The molecular weight excluding hydrogens is 443 g/mol. The van der Waals surface area contributed by atoms with Crippen molar-refractivity contribution >= 4 is 40.9 Å². The Morgan fingerprint density at radius 1 is 0.625 bits per heavy atom. The summed E-state index contributed by atoms with van der Waals surface area (Å²) < 4.78 is 11.8. The molecule has 0 saturated carbocycles. The lowest BCUT2D eigenvalue weighted by atomic mass is 10.1. The molecule has 4 nitrogen and oxygen atoms in total. The number of hydrogen-bond donors (Lipinski definition) is 0. The van der Waals surface area contributed by atoms with Crippen molar-refractivity contribution in [3.05, 3.63) is 107 Å². The van der Waals surface area contributed by atoms with Crippen molar-refractivity contribution in [2.75, 3.05) is 4.90 Å². The maximum atomic E-state index is 5.97. The van der Waals surface area contributed by atoms with E-state index in [1.54, 1.807) is 12.1 Å². The number of fused-ring (bicyclic) bond motifs is 1. The minimum absolute atomic E-state index is 0.678. The van der Waals surface area contributed by atoms with Gasteiger partial charge in [0.1, 0.15) is 23.0 Å². The standard InChI is InChI=1S/C26H18Cl2N2O2/c27-19-1-7-22(8-2-19)31-24-11-5-21(6-12-24)30-16-18-15-25(13-14-26(18)29-17-30)32-23-9-3-20(28)4-10-23/h1-15,17H,16H2. The molecule has 0 bridgehead atoms. The van der Waals surface area contributed by atoms with E-state index in [2.05, 4.69) is 9.89 Å². The molecule has 0 unspecified atom stereocenters. The van der Waals surface area contributed by atoms with Crippen LogP contribution in [0.15, 0.2) is 96.0 Å². The molecule has 0 N–H and O–H groups in total. The first-order valence-corrected chi connectivity index (χ1v) is 10.8. The van der Waals surface area contributed by atoms with Crippen LogP contribution >= 0.6 is 23.2 Å². The van der Waals surface area contributed by atoms with Crippen LogP contribution < -0.4 is 14.4 Å². The number of nitrogens with zero attached hydrogens (tertiary/aromatic N) is 2. The van der Waals surface area contributed by atoms with Gasteiger partial charge in [0.2, 0.25) is 0 Å². The van der Waals surface area contributed by atoms with Gasteiger partial charge in [0.15, 0.2) is 0 Å². The first-order valence-electron chi connectivity index (χ1n) is 10.0. The molecule has 0 atom stereocenters. The molecule has 0 aliphatic carbocycles. The van der Waals surface area contributed by atoms with Gasteiger partial charge in [0, 0.05) is 21.3 Å². The van der Waals surface area contributed by atoms with E-state index < -0.39 is 0 Å². The van der Waals surface area contributed by atoms with E-state index in [4.69, 9.17) is 32.7 Å². The summed E-state index contributed by atoms with van der Waals surface area (Å²) >= 11 is 11.9. The van der Waals surface area contributed by atoms with Gasteiger partial charge in [-0.15, -0.1) is 0 Å². The number of rotatable bonds is 5. The molecule has 0 radical (unpaired) electrons. The topological polar surface area (TPSA) is 34.1 Å². The van der Waals surface area contributed by atoms with E-state index in [-0.39, 0.29) is 0 Å². The van der Waals surface area contributed by atoms with Gasteiger partial charge in [-0.2, -0.15) is 0 Å². The Morgan fingerprint density at radius 3 is 1.72 bits per heavy atom. The quantitative estimate of drug-likeness (QED) is 0.300. The molecule has 6 heteroatoms. The van der Waals surface area contributed by atoms with Crippen LogP contribution in [-0.2, 0) is 6.54 Å². The second-order valence-corrected chi connectivity index (χ2v) is 8.14. The molecule has 1 aliphatic heterocycles. The second kappa shape index (κ2) is 8.95. The van der Waals surface area contributed by atoms with E-state index in [0.29, 0.717) is 16.6 Å². The van der Waals surface area contributed by atoms with Crippen LogP contribution in [0.4, 0.5) is 11.4 Å². The first kappa shape index (κ1) is 20.4. The average molecular weight is 461 g/mol. The molecule has 0 aromatic heterocycles. The lowest BCUT2D eigenvalue weighted by molar-refractivity contribution is 0.482. The summed E-state index contributed by atoms with van der Waals surface area (Å²) in [6.45, 7) is 0.689. The van der Waals surface area contributed by atoms with Crippen molar-refractivity contribution in [2.24, 2.45) is 4.99 Å². The van der Waals surface area contributed by atoms with Crippen LogP contribution in [-0.4, -0.2) is 6.34 Å². The smallest absolute Gasteiger partial charge is 0.127 e. The van der Waals surface area contributed by atoms with E-state index in [9.17, 15) is 0 Å². The first-order chi connectivity index (χ1) is 15.6. The van der Waals surface area contributed by atoms with Gasteiger partial charge in [-0.05, 0) is 91.0 Å². The zero-order chi connectivity index (χ0) is 21.9. The monoisotopic (exact) mass is 460 g/mol. The molecule has 0 spiro atoms. The zero-order valence-electron chi connectivity index (χ0n) is 16.9. The van der Waals surface area contributed by atoms with Crippen LogP contribution in [0.25, 0.3) is 0 Å². The third-order valence-electron chi connectivity index (χ3n) is 4.99. The lowest BCUT2D eigenvalue weighted by Gasteiger charge is -2.25. The summed E-state index contributed by atoms with van der Waals surface area (Å²) in [6, 6.07) is 28.4. The number of ether oxygens (including phenoxy) is 2. The number of halogens is 2. The highest BCUT2D eigenvalue weighted by atomic mass is 35.5. The van der Waals surface area contributed by atoms with Crippen molar-refractivity contribution in [3.8, 4) is 23.0 Å². The van der Waals surface area contributed by atoms with Crippen LogP contribution in [0, 0.1) is 0 Å². The third kappa shape index (κ3) is 4.72. The van der Waals surface area contributed by atoms with Crippen molar-refractivity contribution in [3.63, 3.8) is 0 Å². The molecule has 0 fully saturated rings. The normalized spacial score (nSPS) is 12.4. The largest absolute Gasteiger partial charge is 0.457 e. The van der Waals surface area contributed by atoms with Crippen LogP contribution in [0.2, 0.25) is 10.0 Å². The summed E-state index contributed by atoms with van der Waals surface area (Å²) in [5.74, 6) is 2.99. The SMILES string of the molecule is Clc1ccc(Oc2ccc(N3C=Nc4ccc(Oc5ccc(Cl)cc5)cc4C3)cc2)cc1. The Hall–Kier alpha value is -3.47.